The Hall–Kier alpha value is -3.62. The average molecular weight is 408 g/mol. The maximum absolute atomic E-state index is 14.0. The Morgan fingerprint density at radius 1 is 1.03 bits per heavy atom. The van der Waals surface area contributed by atoms with Crippen molar-refractivity contribution in [2.24, 2.45) is 0 Å². The summed E-state index contributed by atoms with van der Waals surface area (Å²) < 4.78 is 24.7. The molecule has 144 valence electrons. The summed E-state index contributed by atoms with van der Waals surface area (Å²) in [6, 6.07) is 19.3. The van der Waals surface area contributed by atoms with Gasteiger partial charge < -0.3 is 9.47 Å². The van der Waals surface area contributed by atoms with E-state index in [1.807, 2.05) is 6.07 Å². The van der Waals surface area contributed by atoms with Crippen molar-refractivity contribution in [1.29, 1.82) is 5.26 Å². The van der Waals surface area contributed by atoms with E-state index in [4.69, 9.17) is 21.1 Å². The number of hydrogen-bond donors (Lipinski definition) is 0. The molecule has 0 aliphatic carbocycles. The number of carbonyl (C=O) groups excluding carboxylic acids is 1. The summed E-state index contributed by atoms with van der Waals surface area (Å²) in [6.07, 6.45) is 1.53. The van der Waals surface area contributed by atoms with Crippen molar-refractivity contribution in [2.45, 2.75) is 0 Å². The molecule has 0 spiro atoms. The molecule has 3 rings (SSSR count). The smallest absolute Gasteiger partial charge is 0.345 e. The monoisotopic (exact) mass is 407 g/mol. The Kier molecular flexibility index (Phi) is 6.28. The Balaban J connectivity index is 1.91. The molecular weight excluding hydrogens is 393 g/mol. The van der Waals surface area contributed by atoms with Crippen molar-refractivity contribution < 1.29 is 18.7 Å². The number of benzene rings is 3. The van der Waals surface area contributed by atoms with Gasteiger partial charge in [0, 0.05) is 5.56 Å². The van der Waals surface area contributed by atoms with E-state index in [9.17, 15) is 14.4 Å². The van der Waals surface area contributed by atoms with Gasteiger partial charge >= 0.3 is 5.97 Å². The van der Waals surface area contributed by atoms with Crippen LogP contribution in [-0.2, 0) is 0 Å². The summed E-state index contributed by atoms with van der Waals surface area (Å²) in [7, 11) is 1.43. The third-order valence-corrected chi connectivity index (χ3v) is 4.41. The molecule has 3 aromatic carbocycles. The van der Waals surface area contributed by atoms with Crippen LogP contribution in [0.4, 0.5) is 4.39 Å². The largest absolute Gasteiger partial charge is 0.493 e. The van der Waals surface area contributed by atoms with Gasteiger partial charge in [-0.1, -0.05) is 48.0 Å². The first-order valence-electron chi connectivity index (χ1n) is 8.55. The van der Waals surface area contributed by atoms with Gasteiger partial charge in [-0.2, -0.15) is 5.26 Å². The van der Waals surface area contributed by atoms with Crippen LogP contribution in [0, 0.1) is 17.1 Å². The van der Waals surface area contributed by atoms with Gasteiger partial charge in [-0.3, -0.25) is 0 Å². The molecule has 3 aromatic rings. The van der Waals surface area contributed by atoms with Crippen molar-refractivity contribution in [3.05, 3.63) is 94.3 Å². The second-order valence-electron chi connectivity index (χ2n) is 5.93. The minimum absolute atomic E-state index is 0.158. The van der Waals surface area contributed by atoms with Crippen LogP contribution < -0.4 is 9.47 Å². The van der Waals surface area contributed by atoms with Crippen molar-refractivity contribution in [2.75, 3.05) is 7.11 Å². The third kappa shape index (κ3) is 4.63. The van der Waals surface area contributed by atoms with E-state index >= 15 is 0 Å². The summed E-state index contributed by atoms with van der Waals surface area (Å²) in [5.74, 6) is -0.636. The summed E-state index contributed by atoms with van der Waals surface area (Å²) in [5, 5.41) is 9.70. The van der Waals surface area contributed by atoms with E-state index < -0.39 is 11.8 Å². The van der Waals surface area contributed by atoms with Crippen LogP contribution in [0.25, 0.3) is 11.6 Å². The molecule has 4 nitrogen and oxygen atoms in total. The van der Waals surface area contributed by atoms with E-state index in [1.165, 1.54) is 31.4 Å². The first-order valence-corrected chi connectivity index (χ1v) is 8.92. The number of carbonyl (C=O) groups is 1. The molecule has 6 heteroatoms. The van der Waals surface area contributed by atoms with Gasteiger partial charge in [0.15, 0.2) is 11.5 Å². The van der Waals surface area contributed by atoms with Gasteiger partial charge in [0.05, 0.1) is 29.3 Å². The fraction of sp³-hybridized carbons (Fsp3) is 0.0435. The molecule has 0 heterocycles. The van der Waals surface area contributed by atoms with Crippen molar-refractivity contribution in [3.63, 3.8) is 0 Å². The van der Waals surface area contributed by atoms with Gasteiger partial charge in [0.2, 0.25) is 0 Å². The van der Waals surface area contributed by atoms with E-state index in [-0.39, 0.29) is 33.2 Å². The van der Waals surface area contributed by atoms with Gasteiger partial charge in [0.1, 0.15) is 5.82 Å². The van der Waals surface area contributed by atoms with E-state index in [0.29, 0.717) is 5.56 Å². The third-order valence-electron chi connectivity index (χ3n) is 4.08. The molecule has 0 amide bonds. The van der Waals surface area contributed by atoms with Crippen LogP contribution in [0.5, 0.6) is 11.5 Å². The van der Waals surface area contributed by atoms with Gasteiger partial charge in [-0.25, -0.2) is 9.18 Å². The normalized spacial score (nSPS) is 10.9. The molecule has 29 heavy (non-hydrogen) atoms. The number of nitrogens with zero attached hydrogens (tertiary/aromatic N) is 1. The maximum Gasteiger partial charge on any atom is 0.345 e. The molecule has 0 aromatic heterocycles. The molecule has 0 aliphatic heterocycles. The molecule has 0 fully saturated rings. The van der Waals surface area contributed by atoms with Gasteiger partial charge in [-0.15, -0.1) is 0 Å². The van der Waals surface area contributed by atoms with Crippen molar-refractivity contribution in [1.82, 2.24) is 0 Å². The second kappa shape index (κ2) is 9.05. The van der Waals surface area contributed by atoms with Crippen LogP contribution in [0.15, 0.2) is 66.7 Å². The zero-order valence-electron chi connectivity index (χ0n) is 15.4. The van der Waals surface area contributed by atoms with Gasteiger partial charge in [0.25, 0.3) is 0 Å². The van der Waals surface area contributed by atoms with Crippen LogP contribution in [0.3, 0.4) is 0 Å². The Morgan fingerprint density at radius 3 is 2.38 bits per heavy atom. The van der Waals surface area contributed by atoms with E-state index in [1.54, 1.807) is 48.5 Å². The number of allylic oxidation sites excluding steroid dienone is 1. The van der Waals surface area contributed by atoms with E-state index in [0.717, 1.165) is 0 Å². The van der Waals surface area contributed by atoms with Crippen molar-refractivity contribution >= 4 is 29.2 Å². The Bertz CT molecular complexity index is 1130. The minimum Gasteiger partial charge on any atom is -0.493 e. The lowest BCUT2D eigenvalue weighted by Gasteiger charge is -2.11. The lowest BCUT2D eigenvalue weighted by Crippen LogP contribution is -2.09. The first-order chi connectivity index (χ1) is 14.0. The number of ether oxygens (including phenoxy) is 2. The quantitative estimate of drug-likeness (QED) is 0.233. The molecule has 0 saturated heterocycles. The number of methoxy groups -OCH3 is 1. The lowest BCUT2D eigenvalue weighted by atomic mass is 10.0. The average Bonchev–Trinajstić information content (AvgIpc) is 2.73. The fourth-order valence-electron chi connectivity index (χ4n) is 2.66. The molecule has 0 bridgehead atoms. The SMILES string of the molecule is COc1cc(/C=C(/C#N)c2ccccc2F)ccc1OC(=O)c1ccccc1Cl. The highest BCUT2D eigenvalue weighted by atomic mass is 35.5. The zero-order valence-corrected chi connectivity index (χ0v) is 16.1. The highest BCUT2D eigenvalue weighted by Crippen LogP contribution is 2.31. The number of halogens is 2. The molecule has 0 unspecified atom stereocenters. The lowest BCUT2D eigenvalue weighted by molar-refractivity contribution is 0.0730. The number of esters is 1. The highest BCUT2D eigenvalue weighted by molar-refractivity contribution is 6.33. The van der Waals surface area contributed by atoms with Crippen molar-refractivity contribution in [3.8, 4) is 17.6 Å². The highest BCUT2D eigenvalue weighted by Gasteiger charge is 2.15. The summed E-state index contributed by atoms with van der Waals surface area (Å²) in [4.78, 5) is 12.4. The molecule has 0 radical (unpaired) electrons. The minimum atomic E-state index is -0.624. The Labute approximate surface area is 172 Å². The maximum atomic E-state index is 14.0. The Morgan fingerprint density at radius 2 is 1.72 bits per heavy atom. The van der Waals surface area contributed by atoms with E-state index in [2.05, 4.69) is 0 Å². The topological polar surface area (TPSA) is 59.3 Å². The standard InChI is InChI=1S/C23H15ClFNO3/c1-28-22-13-15(12-16(14-26)17-6-3-5-9-20(17)25)10-11-21(22)29-23(27)18-7-2-4-8-19(18)24/h2-13H,1H3/b16-12-. The van der Waals surface area contributed by atoms with Crippen LogP contribution >= 0.6 is 11.6 Å². The summed E-state index contributed by atoms with van der Waals surface area (Å²) in [5.41, 5.74) is 1.17. The zero-order chi connectivity index (χ0) is 20.8. The number of hydrogen-bond acceptors (Lipinski definition) is 4. The van der Waals surface area contributed by atoms with Crippen LogP contribution in [-0.4, -0.2) is 13.1 Å². The first kappa shape index (κ1) is 20.1. The molecule has 0 aliphatic rings. The molecule has 0 saturated carbocycles. The van der Waals surface area contributed by atoms with Crippen LogP contribution in [0.2, 0.25) is 5.02 Å². The second-order valence-corrected chi connectivity index (χ2v) is 6.34. The number of nitriles is 1. The summed E-state index contributed by atoms with van der Waals surface area (Å²) >= 11 is 6.03. The number of rotatable bonds is 5. The summed E-state index contributed by atoms with van der Waals surface area (Å²) in [6.45, 7) is 0. The molecular formula is C23H15ClFNO3. The molecule has 0 N–H and O–H groups in total. The molecule has 0 atom stereocenters. The van der Waals surface area contributed by atoms with Crippen LogP contribution in [0.1, 0.15) is 21.5 Å². The van der Waals surface area contributed by atoms with Gasteiger partial charge in [-0.05, 0) is 42.0 Å². The fourth-order valence-corrected chi connectivity index (χ4v) is 2.87. The predicted molar refractivity (Wildman–Crippen MR) is 109 cm³/mol. The predicted octanol–water partition coefficient (Wildman–Crippen LogP) is 5.77.